The molecule has 6 heteroatoms. The van der Waals surface area contributed by atoms with E-state index >= 15 is 0 Å². The molecule has 0 amide bonds. The fourth-order valence-corrected chi connectivity index (χ4v) is 2.94. The lowest BCUT2D eigenvalue weighted by Crippen LogP contribution is -2.17. The van der Waals surface area contributed by atoms with Crippen LogP contribution in [-0.4, -0.2) is 15.7 Å². The second-order valence-corrected chi connectivity index (χ2v) is 6.11. The van der Waals surface area contributed by atoms with Crippen LogP contribution in [-0.2, 0) is 6.42 Å². The number of hydrogen-bond donors (Lipinski definition) is 1. The highest BCUT2D eigenvalue weighted by molar-refractivity contribution is 7.99. The Labute approximate surface area is 132 Å². The van der Waals surface area contributed by atoms with Crippen LogP contribution >= 0.6 is 11.8 Å². The van der Waals surface area contributed by atoms with E-state index in [1.165, 1.54) is 30.0 Å². The topological polar surface area (TPSA) is 45.8 Å². The number of benzene rings is 1. The Morgan fingerprint density at radius 2 is 1.95 bits per heavy atom. The number of hydrogen-bond acceptors (Lipinski definition) is 3. The Kier molecular flexibility index (Phi) is 5.71. The summed E-state index contributed by atoms with van der Waals surface area (Å²) in [4.78, 5) is 19.0. The number of thioether (sulfide) groups is 1. The summed E-state index contributed by atoms with van der Waals surface area (Å²) in [7, 11) is 0. The minimum absolute atomic E-state index is 0.0321. The normalized spacial score (nSPS) is 10.9. The molecular weight excluding hydrogens is 306 g/mol. The maximum atomic E-state index is 13.8. The number of aromatic amines is 1. The van der Waals surface area contributed by atoms with E-state index in [4.69, 9.17) is 0 Å². The third kappa shape index (κ3) is 3.94. The molecule has 0 aliphatic carbocycles. The van der Waals surface area contributed by atoms with Crippen molar-refractivity contribution < 1.29 is 8.78 Å². The minimum Gasteiger partial charge on any atom is -0.301 e. The fraction of sp³-hybridized carbons (Fsp3) is 0.375. The second kappa shape index (κ2) is 7.54. The van der Waals surface area contributed by atoms with Gasteiger partial charge in [-0.3, -0.25) is 4.79 Å². The Bertz CT molecular complexity index is 696. The molecule has 0 saturated carbocycles. The van der Waals surface area contributed by atoms with E-state index in [2.05, 4.69) is 16.9 Å². The van der Waals surface area contributed by atoms with Gasteiger partial charge in [-0.1, -0.05) is 31.2 Å². The minimum atomic E-state index is -0.623. The van der Waals surface area contributed by atoms with E-state index in [9.17, 15) is 13.6 Å². The first-order valence-corrected chi connectivity index (χ1v) is 8.17. The number of rotatable bonds is 6. The lowest BCUT2D eigenvalue weighted by molar-refractivity contribution is 0.559. The zero-order valence-electron chi connectivity index (χ0n) is 12.6. The lowest BCUT2D eigenvalue weighted by atomic mass is 10.1. The Morgan fingerprint density at radius 3 is 2.59 bits per heavy atom. The van der Waals surface area contributed by atoms with Crippen LogP contribution in [0.1, 0.15) is 36.6 Å². The first-order valence-electron chi connectivity index (χ1n) is 7.18. The average Bonchev–Trinajstić information content (AvgIpc) is 2.48. The van der Waals surface area contributed by atoms with E-state index in [0.717, 1.165) is 18.6 Å². The highest BCUT2D eigenvalue weighted by atomic mass is 32.2. The predicted molar refractivity (Wildman–Crippen MR) is 84.4 cm³/mol. The smallest absolute Gasteiger partial charge is 0.254 e. The van der Waals surface area contributed by atoms with Crippen LogP contribution in [0.5, 0.6) is 0 Å². The van der Waals surface area contributed by atoms with Crippen molar-refractivity contribution in [2.45, 2.75) is 38.3 Å². The van der Waals surface area contributed by atoms with E-state index < -0.39 is 11.6 Å². The van der Waals surface area contributed by atoms with Crippen molar-refractivity contribution in [1.82, 2.24) is 9.97 Å². The Hall–Kier alpha value is -1.69. The maximum Gasteiger partial charge on any atom is 0.254 e. The highest BCUT2D eigenvalue weighted by Crippen LogP contribution is 2.19. The van der Waals surface area contributed by atoms with Gasteiger partial charge in [-0.15, -0.1) is 0 Å². The van der Waals surface area contributed by atoms with E-state index in [-0.39, 0.29) is 17.5 Å². The first kappa shape index (κ1) is 16.7. The summed E-state index contributed by atoms with van der Waals surface area (Å²) in [5.74, 6) is -0.404. The van der Waals surface area contributed by atoms with Crippen molar-refractivity contribution in [2.75, 3.05) is 5.75 Å². The van der Waals surface area contributed by atoms with Gasteiger partial charge in [-0.25, -0.2) is 13.8 Å². The highest BCUT2D eigenvalue weighted by Gasteiger charge is 2.14. The molecule has 3 nitrogen and oxygen atoms in total. The van der Waals surface area contributed by atoms with Crippen molar-refractivity contribution in [3.63, 3.8) is 0 Å². The molecule has 1 N–H and O–H groups in total. The first-order chi connectivity index (χ1) is 10.5. The Morgan fingerprint density at radius 1 is 1.27 bits per heavy atom. The summed E-state index contributed by atoms with van der Waals surface area (Å²) in [5, 5.41) is 0.496. The van der Waals surface area contributed by atoms with Gasteiger partial charge in [-0.2, -0.15) is 0 Å². The number of H-pyrrole nitrogens is 1. The van der Waals surface area contributed by atoms with Gasteiger partial charge in [0.15, 0.2) is 5.16 Å². The predicted octanol–water partition coefficient (Wildman–Crippen LogP) is 3.84. The van der Waals surface area contributed by atoms with Crippen LogP contribution in [0.4, 0.5) is 8.78 Å². The molecule has 0 aliphatic rings. The monoisotopic (exact) mass is 324 g/mol. The van der Waals surface area contributed by atoms with Crippen LogP contribution in [0, 0.1) is 18.6 Å². The lowest BCUT2D eigenvalue weighted by Gasteiger charge is -2.09. The number of unbranched alkanes of at least 4 members (excludes halogenated alkanes) is 1. The average molecular weight is 324 g/mol. The summed E-state index contributed by atoms with van der Waals surface area (Å²) >= 11 is 1.45. The molecule has 2 rings (SSSR count). The summed E-state index contributed by atoms with van der Waals surface area (Å²) in [6.07, 6.45) is 2.03. The largest absolute Gasteiger partial charge is 0.301 e. The molecule has 0 aliphatic heterocycles. The zero-order chi connectivity index (χ0) is 16.1. The molecule has 118 valence electrons. The van der Waals surface area contributed by atoms with Gasteiger partial charge in [0.1, 0.15) is 11.6 Å². The van der Waals surface area contributed by atoms with Gasteiger partial charge < -0.3 is 4.98 Å². The molecule has 0 spiro atoms. The van der Waals surface area contributed by atoms with E-state index in [1.807, 2.05) is 0 Å². The third-order valence-corrected chi connectivity index (χ3v) is 4.33. The third-order valence-electron chi connectivity index (χ3n) is 3.37. The van der Waals surface area contributed by atoms with Crippen LogP contribution in [0.2, 0.25) is 0 Å². The van der Waals surface area contributed by atoms with Crippen molar-refractivity contribution in [2.24, 2.45) is 0 Å². The molecule has 2 aromatic rings. The van der Waals surface area contributed by atoms with Crippen LogP contribution in [0.25, 0.3) is 0 Å². The van der Waals surface area contributed by atoms with Gasteiger partial charge in [0, 0.05) is 23.3 Å². The van der Waals surface area contributed by atoms with Gasteiger partial charge in [0.05, 0.1) is 5.69 Å². The van der Waals surface area contributed by atoms with E-state index in [0.29, 0.717) is 16.4 Å². The number of halogens is 2. The maximum absolute atomic E-state index is 13.8. The van der Waals surface area contributed by atoms with Gasteiger partial charge in [0.2, 0.25) is 0 Å². The summed E-state index contributed by atoms with van der Waals surface area (Å²) < 4.78 is 27.5. The SMILES string of the molecule is CCCCSc1nc(Cc2c(F)cccc2F)c(C)c(=O)[nH]1. The quantitative estimate of drug-likeness (QED) is 0.499. The van der Waals surface area contributed by atoms with Gasteiger partial charge in [-0.05, 0) is 25.5 Å². The molecule has 22 heavy (non-hydrogen) atoms. The molecular formula is C16H18F2N2OS. The zero-order valence-corrected chi connectivity index (χ0v) is 13.4. The number of nitrogens with one attached hydrogen (secondary N) is 1. The Balaban J connectivity index is 2.32. The molecule has 1 aromatic carbocycles. The van der Waals surface area contributed by atoms with Crippen molar-refractivity contribution >= 4 is 11.8 Å². The summed E-state index contributed by atoms with van der Waals surface area (Å²) in [6, 6.07) is 3.73. The summed E-state index contributed by atoms with van der Waals surface area (Å²) in [6.45, 7) is 3.69. The molecule has 1 heterocycles. The van der Waals surface area contributed by atoms with Crippen LogP contribution in [0.15, 0.2) is 28.2 Å². The molecule has 0 radical (unpaired) electrons. The standard InChI is InChI=1S/C16H18F2N2OS/c1-3-4-8-22-16-19-14(10(2)15(21)20-16)9-11-12(17)6-5-7-13(11)18/h5-7H,3-4,8-9H2,1-2H3,(H,19,20,21). The van der Waals surface area contributed by atoms with Gasteiger partial charge >= 0.3 is 0 Å². The van der Waals surface area contributed by atoms with Crippen molar-refractivity contribution in [1.29, 1.82) is 0 Å². The number of aromatic nitrogens is 2. The summed E-state index contributed by atoms with van der Waals surface area (Å²) in [5.41, 5.74) is 0.475. The fourth-order valence-electron chi connectivity index (χ4n) is 1.98. The number of nitrogens with zero attached hydrogens (tertiary/aromatic N) is 1. The molecule has 1 aromatic heterocycles. The second-order valence-electron chi connectivity index (χ2n) is 5.02. The molecule has 0 saturated heterocycles. The van der Waals surface area contributed by atoms with E-state index in [1.54, 1.807) is 6.92 Å². The van der Waals surface area contributed by atoms with Crippen LogP contribution < -0.4 is 5.56 Å². The molecule has 0 unspecified atom stereocenters. The van der Waals surface area contributed by atoms with Gasteiger partial charge in [0.25, 0.3) is 5.56 Å². The van der Waals surface area contributed by atoms with Crippen molar-refractivity contribution in [3.8, 4) is 0 Å². The molecule has 0 fully saturated rings. The molecule has 0 atom stereocenters. The van der Waals surface area contributed by atoms with Crippen molar-refractivity contribution in [3.05, 3.63) is 57.0 Å². The van der Waals surface area contributed by atoms with Crippen LogP contribution in [0.3, 0.4) is 0 Å². The molecule has 0 bridgehead atoms.